The standard InChI is InChI=1S/C12H11N2O/c1-10(15)12-11(6-5-7-13-12)14-8-3-2-4-9-14/h2-9H,1H3/q+1. The van der Waals surface area contributed by atoms with E-state index in [0.29, 0.717) is 5.69 Å². The Morgan fingerprint density at radius 1 is 1.20 bits per heavy atom. The zero-order valence-corrected chi connectivity index (χ0v) is 8.42. The van der Waals surface area contributed by atoms with Gasteiger partial charge in [-0.3, -0.25) is 4.79 Å². The molecule has 0 saturated carbocycles. The van der Waals surface area contributed by atoms with Gasteiger partial charge in [0, 0.05) is 31.3 Å². The van der Waals surface area contributed by atoms with Gasteiger partial charge in [0.25, 0.3) is 0 Å². The summed E-state index contributed by atoms with van der Waals surface area (Å²) in [6.07, 6.45) is 5.41. The molecule has 0 N–H and O–H groups in total. The van der Waals surface area contributed by atoms with E-state index in [-0.39, 0.29) is 5.78 Å². The molecule has 15 heavy (non-hydrogen) atoms. The highest BCUT2D eigenvalue weighted by molar-refractivity contribution is 5.94. The van der Waals surface area contributed by atoms with Gasteiger partial charge in [0.2, 0.25) is 5.69 Å². The van der Waals surface area contributed by atoms with Crippen LogP contribution in [-0.4, -0.2) is 10.8 Å². The summed E-state index contributed by atoms with van der Waals surface area (Å²) >= 11 is 0. The van der Waals surface area contributed by atoms with E-state index in [1.54, 1.807) is 6.20 Å². The number of rotatable bonds is 2. The van der Waals surface area contributed by atoms with Crippen molar-refractivity contribution in [1.29, 1.82) is 0 Å². The second kappa shape index (κ2) is 4.00. The molecule has 0 amide bonds. The fourth-order valence-electron chi connectivity index (χ4n) is 1.44. The minimum absolute atomic E-state index is 0.0260. The zero-order chi connectivity index (χ0) is 10.7. The van der Waals surface area contributed by atoms with Crippen molar-refractivity contribution in [3.05, 3.63) is 54.6 Å². The number of hydrogen-bond donors (Lipinski definition) is 0. The molecule has 0 aromatic carbocycles. The van der Waals surface area contributed by atoms with Gasteiger partial charge >= 0.3 is 0 Å². The fourth-order valence-corrected chi connectivity index (χ4v) is 1.44. The topological polar surface area (TPSA) is 33.8 Å². The highest BCUT2D eigenvalue weighted by Crippen LogP contribution is 2.05. The SMILES string of the molecule is CC(=O)c1ncccc1-[n+]1ccccc1. The molecule has 0 aliphatic carbocycles. The summed E-state index contributed by atoms with van der Waals surface area (Å²) in [5.41, 5.74) is 1.30. The molecule has 0 saturated heterocycles. The predicted octanol–water partition coefficient (Wildman–Crippen LogP) is 1.56. The molecular formula is C12H11N2O+. The normalized spacial score (nSPS) is 9.93. The van der Waals surface area contributed by atoms with Gasteiger partial charge in [0.05, 0.1) is 0 Å². The number of carbonyl (C=O) groups is 1. The number of aromatic nitrogens is 2. The van der Waals surface area contributed by atoms with E-state index in [9.17, 15) is 4.79 Å². The Morgan fingerprint density at radius 2 is 1.93 bits per heavy atom. The Morgan fingerprint density at radius 3 is 2.60 bits per heavy atom. The molecule has 3 heteroatoms. The molecule has 74 valence electrons. The number of hydrogen-bond acceptors (Lipinski definition) is 2. The first-order chi connectivity index (χ1) is 7.29. The summed E-state index contributed by atoms with van der Waals surface area (Å²) in [7, 11) is 0. The van der Waals surface area contributed by atoms with Crippen LogP contribution in [0.2, 0.25) is 0 Å². The van der Waals surface area contributed by atoms with Gasteiger partial charge in [-0.25, -0.2) is 4.98 Å². The largest absolute Gasteiger partial charge is 0.292 e. The average molecular weight is 199 g/mol. The predicted molar refractivity (Wildman–Crippen MR) is 55.8 cm³/mol. The number of ketones is 1. The van der Waals surface area contributed by atoms with Crippen LogP contribution >= 0.6 is 0 Å². The highest BCUT2D eigenvalue weighted by Gasteiger charge is 2.15. The van der Waals surface area contributed by atoms with Gasteiger partial charge in [0.15, 0.2) is 23.9 Å². The fraction of sp³-hybridized carbons (Fsp3) is 0.0833. The van der Waals surface area contributed by atoms with E-state index in [1.807, 2.05) is 47.3 Å². The Balaban J connectivity index is 2.58. The minimum atomic E-state index is -0.0260. The van der Waals surface area contributed by atoms with Crippen LogP contribution in [0.3, 0.4) is 0 Å². The van der Waals surface area contributed by atoms with Crippen molar-refractivity contribution in [1.82, 2.24) is 4.98 Å². The molecule has 3 nitrogen and oxygen atoms in total. The highest BCUT2D eigenvalue weighted by atomic mass is 16.1. The van der Waals surface area contributed by atoms with Crippen molar-refractivity contribution in [2.75, 3.05) is 0 Å². The monoisotopic (exact) mass is 199 g/mol. The number of pyridine rings is 2. The van der Waals surface area contributed by atoms with Crippen LogP contribution in [0.25, 0.3) is 5.69 Å². The quantitative estimate of drug-likeness (QED) is 0.543. The zero-order valence-electron chi connectivity index (χ0n) is 8.42. The van der Waals surface area contributed by atoms with E-state index < -0.39 is 0 Å². The first kappa shape index (κ1) is 9.52. The van der Waals surface area contributed by atoms with Crippen LogP contribution in [0, 0.1) is 0 Å². The Labute approximate surface area is 88.0 Å². The van der Waals surface area contributed by atoms with Gasteiger partial charge in [-0.2, -0.15) is 4.57 Å². The van der Waals surface area contributed by atoms with Crippen molar-refractivity contribution in [2.24, 2.45) is 0 Å². The Hall–Kier alpha value is -2.03. The van der Waals surface area contributed by atoms with Gasteiger partial charge in [-0.15, -0.1) is 0 Å². The molecule has 0 fully saturated rings. The van der Waals surface area contributed by atoms with Crippen molar-refractivity contribution >= 4 is 5.78 Å². The van der Waals surface area contributed by atoms with Crippen LogP contribution in [0.4, 0.5) is 0 Å². The van der Waals surface area contributed by atoms with E-state index in [4.69, 9.17) is 0 Å². The first-order valence-electron chi connectivity index (χ1n) is 4.71. The molecule has 2 aromatic rings. The summed E-state index contributed by atoms with van der Waals surface area (Å²) in [5, 5.41) is 0. The number of Topliss-reactive ketones (excluding diaryl/α,β-unsaturated/α-hetero) is 1. The van der Waals surface area contributed by atoms with Crippen molar-refractivity contribution in [3.63, 3.8) is 0 Å². The summed E-state index contributed by atoms with van der Waals surface area (Å²) in [4.78, 5) is 15.4. The number of nitrogens with zero attached hydrogens (tertiary/aromatic N) is 2. The first-order valence-corrected chi connectivity index (χ1v) is 4.71. The molecule has 0 bridgehead atoms. The molecule has 0 aliphatic rings. The minimum Gasteiger partial charge on any atom is -0.292 e. The Bertz CT molecular complexity index is 480. The van der Waals surface area contributed by atoms with E-state index in [1.165, 1.54) is 6.92 Å². The third kappa shape index (κ3) is 1.91. The molecule has 0 spiro atoms. The van der Waals surface area contributed by atoms with Crippen LogP contribution in [-0.2, 0) is 0 Å². The lowest BCUT2D eigenvalue weighted by Crippen LogP contribution is -2.31. The third-order valence-corrected chi connectivity index (χ3v) is 2.11. The van der Waals surface area contributed by atoms with Gasteiger partial charge in [-0.05, 0) is 6.07 Å². The smallest absolute Gasteiger partial charge is 0.240 e. The van der Waals surface area contributed by atoms with Gasteiger partial charge in [0.1, 0.15) is 0 Å². The lowest BCUT2D eigenvalue weighted by molar-refractivity contribution is -0.596. The van der Waals surface area contributed by atoms with Crippen molar-refractivity contribution in [3.8, 4) is 5.69 Å². The molecule has 0 atom stereocenters. The van der Waals surface area contributed by atoms with Crippen LogP contribution < -0.4 is 4.57 Å². The van der Waals surface area contributed by atoms with Crippen LogP contribution in [0.15, 0.2) is 48.9 Å². The molecule has 0 radical (unpaired) electrons. The lowest BCUT2D eigenvalue weighted by atomic mass is 10.2. The molecule has 0 aliphatic heterocycles. The van der Waals surface area contributed by atoms with Gasteiger partial charge < -0.3 is 0 Å². The van der Waals surface area contributed by atoms with Crippen LogP contribution in [0.5, 0.6) is 0 Å². The summed E-state index contributed by atoms with van der Waals surface area (Å²) in [5.74, 6) is -0.0260. The molecule has 2 aromatic heterocycles. The van der Waals surface area contributed by atoms with E-state index in [2.05, 4.69) is 4.98 Å². The number of carbonyl (C=O) groups excluding carboxylic acids is 1. The maximum atomic E-state index is 11.4. The summed E-state index contributed by atoms with van der Waals surface area (Å²) in [6.45, 7) is 1.52. The average Bonchev–Trinajstić information content (AvgIpc) is 2.30. The maximum Gasteiger partial charge on any atom is 0.240 e. The lowest BCUT2D eigenvalue weighted by Gasteiger charge is -1.98. The maximum absolute atomic E-state index is 11.4. The summed E-state index contributed by atoms with van der Waals surface area (Å²) < 4.78 is 1.88. The summed E-state index contributed by atoms with van der Waals surface area (Å²) in [6, 6.07) is 9.46. The van der Waals surface area contributed by atoms with Crippen molar-refractivity contribution < 1.29 is 9.36 Å². The van der Waals surface area contributed by atoms with Crippen molar-refractivity contribution in [2.45, 2.75) is 6.92 Å². The van der Waals surface area contributed by atoms with Gasteiger partial charge in [-0.1, -0.05) is 6.07 Å². The molecule has 2 heterocycles. The van der Waals surface area contributed by atoms with Crippen LogP contribution in [0.1, 0.15) is 17.4 Å². The molecular weight excluding hydrogens is 188 g/mol. The molecule has 2 rings (SSSR count). The van der Waals surface area contributed by atoms with E-state index >= 15 is 0 Å². The second-order valence-corrected chi connectivity index (χ2v) is 3.21. The Kier molecular flexibility index (Phi) is 2.54. The van der Waals surface area contributed by atoms with E-state index in [0.717, 1.165) is 5.69 Å². The third-order valence-electron chi connectivity index (χ3n) is 2.11. The second-order valence-electron chi connectivity index (χ2n) is 3.21. The molecule has 0 unspecified atom stereocenters.